The van der Waals surface area contributed by atoms with Gasteiger partial charge in [0.1, 0.15) is 0 Å². The molecular weight excluding hydrogens is 374 g/mol. The van der Waals surface area contributed by atoms with E-state index in [1.54, 1.807) is 54.6 Å². The molecule has 0 radical (unpaired) electrons. The topological polar surface area (TPSA) is 106 Å². The first-order valence-electron chi connectivity index (χ1n) is 8.58. The van der Waals surface area contributed by atoms with Crippen molar-refractivity contribution in [3.63, 3.8) is 0 Å². The van der Waals surface area contributed by atoms with E-state index >= 15 is 0 Å². The third-order valence-corrected chi connectivity index (χ3v) is 4.11. The summed E-state index contributed by atoms with van der Waals surface area (Å²) in [5.74, 6) is 0.808. The van der Waals surface area contributed by atoms with E-state index in [9.17, 15) is 15.1 Å². The van der Waals surface area contributed by atoms with Crippen LogP contribution < -0.4 is 9.47 Å². The Morgan fingerprint density at radius 3 is 1.93 bits per heavy atom. The first-order valence-corrected chi connectivity index (χ1v) is 8.58. The number of nitrogens with zero attached hydrogens (tertiary/aromatic N) is 3. The molecule has 2 aromatic carbocycles. The van der Waals surface area contributed by atoms with E-state index in [-0.39, 0.29) is 11.5 Å². The van der Waals surface area contributed by atoms with Crippen LogP contribution >= 0.6 is 0 Å². The molecule has 29 heavy (non-hydrogen) atoms. The van der Waals surface area contributed by atoms with Gasteiger partial charge in [0.25, 0.3) is 0 Å². The fraction of sp³-hybridized carbons (Fsp3) is 0.0952. The third kappa shape index (κ3) is 4.62. The predicted octanol–water partition coefficient (Wildman–Crippen LogP) is 4.18. The van der Waals surface area contributed by atoms with Gasteiger partial charge in [0.05, 0.1) is 30.9 Å². The van der Waals surface area contributed by atoms with Gasteiger partial charge < -0.3 is 19.7 Å². The molecule has 0 unspecified atom stereocenters. The largest absolute Gasteiger partial charge is 0.504 e. The molecule has 0 aliphatic rings. The van der Waals surface area contributed by atoms with Gasteiger partial charge in [-0.1, -0.05) is 24.3 Å². The summed E-state index contributed by atoms with van der Waals surface area (Å²) in [7, 11) is 2.94. The van der Waals surface area contributed by atoms with Crippen LogP contribution in [0, 0.1) is 4.91 Å². The first kappa shape index (κ1) is 19.7. The van der Waals surface area contributed by atoms with E-state index in [0.717, 1.165) is 15.9 Å². The minimum absolute atomic E-state index is 0.0440. The fourth-order valence-corrected chi connectivity index (χ4v) is 2.63. The second-order valence-electron chi connectivity index (χ2n) is 5.99. The molecule has 8 heteroatoms. The minimum atomic E-state index is 0.0440. The zero-order valence-corrected chi connectivity index (χ0v) is 15.8. The molecular formula is C21H19N3O5. The summed E-state index contributed by atoms with van der Waals surface area (Å²) in [6.45, 7) is 0. The number of phenols is 2. The van der Waals surface area contributed by atoms with Crippen molar-refractivity contribution in [2.24, 2.45) is 5.29 Å². The summed E-state index contributed by atoms with van der Waals surface area (Å²) in [5.41, 5.74) is 2.57. The van der Waals surface area contributed by atoms with Crippen LogP contribution in [0.1, 0.15) is 22.5 Å². The van der Waals surface area contributed by atoms with Crippen LogP contribution in [0.15, 0.2) is 47.8 Å². The highest BCUT2D eigenvalue weighted by atomic mass is 16.5. The van der Waals surface area contributed by atoms with Crippen LogP contribution in [0.4, 0.5) is 0 Å². The first-order chi connectivity index (χ1) is 14.0. The highest BCUT2D eigenvalue weighted by Gasteiger charge is 2.06. The molecule has 0 aliphatic heterocycles. The number of aromatic nitrogens is 2. The Labute approximate surface area is 166 Å². The zero-order valence-electron chi connectivity index (χ0n) is 15.8. The van der Waals surface area contributed by atoms with Crippen LogP contribution in [0.5, 0.6) is 23.0 Å². The maximum Gasteiger partial charge on any atom is 0.161 e. The molecule has 0 amide bonds. The molecule has 3 rings (SSSR count). The van der Waals surface area contributed by atoms with Crippen molar-refractivity contribution in [2.45, 2.75) is 0 Å². The summed E-state index contributed by atoms with van der Waals surface area (Å²) in [4.78, 5) is 12.1. The van der Waals surface area contributed by atoms with E-state index in [4.69, 9.17) is 9.47 Å². The van der Waals surface area contributed by atoms with Crippen molar-refractivity contribution in [3.05, 3.63) is 69.9 Å². The summed E-state index contributed by atoms with van der Waals surface area (Å²) >= 11 is 0. The Balaban J connectivity index is 1.83. The van der Waals surface area contributed by atoms with Crippen molar-refractivity contribution in [3.8, 4) is 23.0 Å². The number of hydrogen-bond acceptors (Lipinski definition) is 7. The highest BCUT2D eigenvalue weighted by molar-refractivity contribution is 5.73. The summed E-state index contributed by atoms with van der Waals surface area (Å²) in [6, 6.07) is 11.5. The molecule has 1 aromatic heterocycles. The average Bonchev–Trinajstić information content (AvgIpc) is 3.14. The quantitative estimate of drug-likeness (QED) is 0.583. The molecule has 0 bridgehead atoms. The van der Waals surface area contributed by atoms with Gasteiger partial charge in [-0.2, -0.15) is 0 Å². The van der Waals surface area contributed by atoms with Crippen LogP contribution in [0.3, 0.4) is 0 Å². The molecule has 3 aromatic rings. The molecule has 0 spiro atoms. The third-order valence-electron chi connectivity index (χ3n) is 4.11. The maximum absolute atomic E-state index is 11.1. The maximum atomic E-state index is 11.1. The second-order valence-corrected chi connectivity index (χ2v) is 5.99. The predicted molar refractivity (Wildman–Crippen MR) is 111 cm³/mol. The highest BCUT2D eigenvalue weighted by Crippen LogP contribution is 2.28. The average molecular weight is 393 g/mol. The summed E-state index contributed by atoms with van der Waals surface area (Å²) < 4.78 is 10.2. The van der Waals surface area contributed by atoms with Gasteiger partial charge in [-0.15, -0.1) is 14.8 Å². The lowest BCUT2D eigenvalue weighted by Crippen LogP contribution is -1.91. The SMILES string of the molecule is COc1cc(/C=C/c2cc(/C=C/c3ccc(O)c(OC)c3)n(N=O)n2)ccc1O. The second kappa shape index (κ2) is 8.75. The standard InChI is InChI=1S/C21H19N3O5/c1-28-20-11-14(5-9-18(20)25)3-7-16-13-17(24(22-16)23-27)8-4-15-6-10-19(26)21(12-15)29-2/h3-13,25-26H,1-2H3/b7-3+,8-4+. The molecule has 148 valence electrons. The monoisotopic (exact) mass is 393 g/mol. The Bertz CT molecular complexity index is 1090. The van der Waals surface area contributed by atoms with Crippen molar-refractivity contribution in [1.29, 1.82) is 0 Å². The van der Waals surface area contributed by atoms with Gasteiger partial charge in [-0.3, -0.25) is 0 Å². The van der Waals surface area contributed by atoms with E-state index in [2.05, 4.69) is 10.4 Å². The number of rotatable bonds is 7. The zero-order chi connectivity index (χ0) is 20.8. The van der Waals surface area contributed by atoms with Gasteiger partial charge in [-0.25, -0.2) is 0 Å². The van der Waals surface area contributed by atoms with Gasteiger partial charge >= 0.3 is 0 Å². The molecule has 2 N–H and O–H groups in total. The lowest BCUT2D eigenvalue weighted by atomic mass is 10.1. The minimum Gasteiger partial charge on any atom is -0.504 e. The Morgan fingerprint density at radius 2 is 1.41 bits per heavy atom. The molecule has 1 heterocycles. The number of ether oxygens (including phenoxy) is 2. The van der Waals surface area contributed by atoms with E-state index < -0.39 is 0 Å². The Kier molecular flexibility index (Phi) is 5.94. The molecule has 0 atom stereocenters. The molecule has 0 fully saturated rings. The van der Waals surface area contributed by atoms with Gasteiger partial charge in [-0.05, 0) is 53.6 Å². The van der Waals surface area contributed by atoms with E-state index in [1.165, 1.54) is 26.4 Å². The molecule has 0 saturated heterocycles. The van der Waals surface area contributed by atoms with Crippen LogP contribution in [-0.4, -0.2) is 34.3 Å². The van der Waals surface area contributed by atoms with Crippen LogP contribution in [-0.2, 0) is 0 Å². The number of aromatic hydroxyl groups is 2. The Morgan fingerprint density at radius 1 is 0.862 bits per heavy atom. The van der Waals surface area contributed by atoms with E-state index in [1.807, 2.05) is 0 Å². The normalized spacial score (nSPS) is 11.2. The summed E-state index contributed by atoms with van der Waals surface area (Å²) in [6.07, 6.45) is 6.92. The number of benzene rings is 2. The molecule has 0 saturated carbocycles. The van der Waals surface area contributed by atoms with Crippen molar-refractivity contribution in [2.75, 3.05) is 14.2 Å². The van der Waals surface area contributed by atoms with Crippen molar-refractivity contribution < 1.29 is 19.7 Å². The summed E-state index contributed by atoms with van der Waals surface area (Å²) in [5, 5.41) is 26.3. The number of methoxy groups -OCH3 is 2. The van der Waals surface area contributed by atoms with Gasteiger partial charge in [0.15, 0.2) is 23.0 Å². The Hall–Kier alpha value is -4.07. The van der Waals surface area contributed by atoms with Crippen LogP contribution in [0.25, 0.3) is 24.3 Å². The van der Waals surface area contributed by atoms with Crippen molar-refractivity contribution in [1.82, 2.24) is 9.89 Å². The number of hydrogen-bond donors (Lipinski definition) is 2. The lowest BCUT2D eigenvalue weighted by Gasteiger charge is -2.03. The van der Waals surface area contributed by atoms with Crippen molar-refractivity contribution >= 4 is 24.3 Å². The lowest BCUT2D eigenvalue weighted by molar-refractivity contribution is 0.373. The van der Waals surface area contributed by atoms with Gasteiger partial charge in [0, 0.05) is 0 Å². The van der Waals surface area contributed by atoms with Gasteiger partial charge in [0.2, 0.25) is 0 Å². The molecule has 0 aliphatic carbocycles. The van der Waals surface area contributed by atoms with E-state index in [0.29, 0.717) is 22.9 Å². The number of phenolic OH excluding ortho intramolecular Hbond substituents is 2. The fourth-order valence-electron chi connectivity index (χ4n) is 2.63. The number of nitroso groups, excluding NO2 is 1. The smallest absolute Gasteiger partial charge is 0.161 e. The molecule has 8 nitrogen and oxygen atoms in total. The van der Waals surface area contributed by atoms with Crippen LogP contribution in [0.2, 0.25) is 0 Å².